The second kappa shape index (κ2) is 8.23. The Morgan fingerprint density at radius 3 is 2.76 bits per heavy atom. The smallest absolute Gasteiger partial charge is 0.414 e. The van der Waals surface area contributed by atoms with Gasteiger partial charge in [-0.25, -0.2) is 22.5 Å². The molecule has 1 saturated heterocycles. The van der Waals surface area contributed by atoms with Crippen molar-refractivity contribution >= 4 is 45.0 Å². The maximum atomic E-state index is 13.4. The molecule has 0 bridgehead atoms. The molecule has 9 nitrogen and oxygen atoms in total. The zero-order chi connectivity index (χ0) is 24.2. The van der Waals surface area contributed by atoms with Gasteiger partial charge in [-0.3, -0.25) is 10.3 Å². The lowest BCUT2D eigenvalue weighted by Gasteiger charge is -2.38. The van der Waals surface area contributed by atoms with Crippen LogP contribution in [0.3, 0.4) is 0 Å². The highest BCUT2D eigenvalue weighted by atomic mass is 35.5. The third-order valence-electron chi connectivity index (χ3n) is 5.32. The van der Waals surface area contributed by atoms with Crippen LogP contribution in [0.5, 0.6) is 0 Å². The van der Waals surface area contributed by atoms with E-state index in [1.54, 1.807) is 39.2 Å². The minimum atomic E-state index is -3.92. The number of aryl methyl sites for hydroxylation is 1. The molecule has 12 heteroatoms. The first-order valence-corrected chi connectivity index (χ1v) is 12.9. The summed E-state index contributed by atoms with van der Waals surface area (Å²) in [6, 6.07) is 3.76. The van der Waals surface area contributed by atoms with Gasteiger partial charge >= 0.3 is 6.09 Å². The Hall–Kier alpha value is -2.21. The first-order chi connectivity index (χ1) is 15.3. The highest BCUT2D eigenvalue weighted by Gasteiger charge is 2.59. The van der Waals surface area contributed by atoms with E-state index in [1.165, 1.54) is 18.4 Å². The van der Waals surface area contributed by atoms with Crippen molar-refractivity contribution in [3.05, 3.63) is 40.0 Å². The molecule has 0 aromatic carbocycles. The molecule has 0 spiro atoms. The van der Waals surface area contributed by atoms with Crippen LogP contribution in [-0.4, -0.2) is 60.9 Å². The fourth-order valence-electron chi connectivity index (χ4n) is 3.82. The van der Waals surface area contributed by atoms with Gasteiger partial charge in [0.25, 0.3) is 0 Å². The van der Waals surface area contributed by atoms with Gasteiger partial charge in [-0.2, -0.15) is 0 Å². The number of alkyl carbamates (subject to hydrolysis) is 1. The molecule has 4 heterocycles. The van der Waals surface area contributed by atoms with Crippen LogP contribution < -0.4 is 5.32 Å². The fourth-order valence-corrected chi connectivity index (χ4v) is 7.26. The standard InChI is InChI=1S/C21H25ClN4O5S2/c1-12-6-13(9-23-8-12)15-7-14(22)17(32-15)21-11-30-10-16(21)33(28,29)26(5)18(25-21)24-19(27)31-20(2,3)4/h6-9,16H,10-11H2,1-5H3,(H,24,25,27)/t16?,21-/m0/s1. The summed E-state index contributed by atoms with van der Waals surface area (Å²) in [6.45, 7) is 7.05. The predicted octanol–water partition coefficient (Wildman–Crippen LogP) is 3.52. The van der Waals surface area contributed by atoms with E-state index < -0.39 is 32.5 Å². The van der Waals surface area contributed by atoms with Gasteiger partial charge in [0.1, 0.15) is 16.4 Å². The first kappa shape index (κ1) is 23.9. The summed E-state index contributed by atoms with van der Waals surface area (Å²) >= 11 is 7.99. The van der Waals surface area contributed by atoms with Gasteiger partial charge < -0.3 is 9.47 Å². The number of sulfonamides is 1. The van der Waals surface area contributed by atoms with Crippen LogP contribution in [0.1, 0.15) is 31.2 Å². The summed E-state index contributed by atoms with van der Waals surface area (Å²) in [4.78, 5) is 22.7. The van der Waals surface area contributed by atoms with E-state index in [0.29, 0.717) is 9.90 Å². The quantitative estimate of drug-likeness (QED) is 0.659. The monoisotopic (exact) mass is 512 g/mol. The number of halogens is 1. The van der Waals surface area contributed by atoms with E-state index in [-0.39, 0.29) is 19.2 Å². The largest absolute Gasteiger partial charge is 0.444 e. The molecule has 0 radical (unpaired) electrons. The Bertz CT molecular complexity index is 1240. The summed E-state index contributed by atoms with van der Waals surface area (Å²) < 4.78 is 38.7. The molecule has 2 atom stereocenters. The number of pyridine rings is 1. The first-order valence-electron chi connectivity index (χ1n) is 10.2. The number of hydrogen-bond donors (Lipinski definition) is 1. The molecule has 0 aliphatic carbocycles. The van der Waals surface area contributed by atoms with Crippen molar-refractivity contribution in [3.63, 3.8) is 0 Å². The number of guanidine groups is 1. The van der Waals surface area contributed by atoms with E-state index >= 15 is 0 Å². The molecular formula is C21H25ClN4O5S2. The Labute approximate surface area is 201 Å². The number of carbonyl (C=O) groups is 1. The van der Waals surface area contributed by atoms with Gasteiger partial charge in [0, 0.05) is 29.9 Å². The van der Waals surface area contributed by atoms with Gasteiger partial charge in [0.05, 0.1) is 23.1 Å². The molecule has 1 unspecified atom stereocenters. The Balaban J connectivity index is 1.81. The van der Waals surface area contributed by atoms with Crippen molar-refractivity contribution < 1.29 is 22.7 Å². The highest BCUT2D eigenvalue weighted by Crippen LogP contribution is 2.49. The maximum Gasteiger partial charge on any atom is 0.414 e. The number of fused-ring (bicyclic) bond motifs is 1. The number of ether oxygens (including phenoxy) is 2. The SMILES string of the molecule is Cc1cncc(-c2cc(Cl)c([C@]34COCC3S(=O)(=O)N(C)C(NC(=O)OC(C)(C)C)=N4)s2)c1. The molecular weight excluding hydrogens is 488 g/mol. The zero-order valence-corrected chi connectivity index (χ0v) is 21.3. The van der Waals surface area contributed by atoms with Gasteiger partial charge in [0.2, 0.25) is 16.0 Å². The average molecular weight is 513 g/mol. The number of aromatic nitrogens is 1. The molecule has 1 fully saturated rings. The molecule has 2 aliphatic heterocycles. The van der Waals surface area contributed by atoms with E-state index in [4.69, 9.17) is 26.1 Å². The Morgan fingerprint density at radius 2 is 2.09 bits per heavy atom. The number of aliphatic imine (C=N–C) groups is 1. The number of rotatable bonds is 2. The van der Waals surface area contributed by atoms with Gasteiger partial charge in [0.15, 0.2) is 0 Å². The number of thiophene rings is 1. The van der Waals surface area contributed by atoms with E-state index in [9.17, 15) is 13.2 Å². The fraction of sp³-hybridized carbons (Fsp3) is 0.476. The van der Waals surface area contributed by atoms with Crippen LogP contribution in [0.15, 0.2) is 29.5 Å². The van der Waals surface area contributed by atoms with Gasteiger partial charge in [-0.05, 0) is 45.4 Å². The van der Waals surface area contributed by atoms with Crippen molar-refractivity contribution in [2.45, 2.75) is 44.1 Å². The summed E-state index contributed by atoms with van der Waals surface area (Å²) in [5.41, 5.74) is -0.205. The third kappa shape index (κ3) is 4.34. The molecule has 1 amide bonds. The maximum absolute atomic E-state index is 13.4. The van der Waals surface area contributed by atoms with Gasteiger partial charge in [-0.1, -0.05) is 11.6 Å². The van der Waals surface area contributed by atoms with Gasteiger partial charge in [-0.15, -0.1) is 11.3 Å². The topological polar surface area (TPSA) is 110 Å². The lowest BCUT2D eigenvalue weighted by atomic mass is 9.96. The molecule has 2 aromatic heterocycles. The minimum Gasteiger partial charge on any atom is -0.444 e. The van der Waals surface area contributed by atoms with Crippen molar-refractivity contribution in [3.8, 4) is 10.4 Å². The zero-order valence-electron chi connectivity index (χ0n) is 18.9. The van der Waals surface area contributed by atoms with Crippen LogP contribution in [0, 0.1) is 6.92 Å². The van der Waals surface area contributed by atoms with Crippen molar-refractivity contribution in [1.29, 1.82) is 0 Å². The summed E-state index contributed by atoms with van der Waals surface area (Å²) in [5.74, 6) is -0.144. The Morgan fingerprint density at radius 1 is 1.36 bits per heavy atom. The lowest BCUT2D eigenvalue weighted by Crippen LogP contribution is -2.58. The molecule has 178 valence electrons. The molecule has 2 aliphatic rings. The summed E-state index contributed by atoms with van der Waals surface area (Å²) in [5, 5.41) is 1.88. The van der Waals surface area contributed by atoms with Crippen LogP contribution >= 0.6 is 22.9 Å². The van der Waals surface area contributed by atoms with E-state index in [0.717, 1.165) is 20.3 Å². The third-order valence-corrected chi connectivity index (χ3v) is 9.26. The second-order valence-corrected chi connectivity index (χ2v) is 12.6. The lowest BCUT2D eigenvalue weighted by molar-refractivity contribution is 0.0558. The Kier molecular flexibility index (Phi) is 5.97. The van der Waals surface area contributed by atoms with Crippen molar-refractivity contribution in [1.82, 2.24) is 14.6 Å². The summed E-state index contributed by atoms with van der Waals surface area (Å²) in [7, 11) is -2.58. The highest BCUT2D eigenvalue weighted by molar-refractivity contribution is 7.90. The average Bonchev–Trinajstić information content (AvgIpc) is 3.30. The molecule has 2 aromatic rings. The van der Waals surface area contributed by atoms with Crippen molar-refractivity contribution in [2.75, 3.05) is 20.3 Å². The predicted molar refractivity (Wildman–Crippen MR) is 127 cm³/mol. The van der Waals surface area contributed by atoms with Crippen LogP contribution in [0.2, 0.25) is 5.02 Å². The van der Waals surface area contributed by atoms with Crippen LogP contribution in [0.25, 0.3) is 10.4 Å². The minimum absolute atomic E-state index is 0.00990. The number of nitrogens with zero attached hydrogens (tertiary/aromatic N) is 3. The molecule has 0 saturated carbocycles. The van der Waals surface area contributed by atoms with Crippen molar-refractivity contribution in [2.24, 2.45) is 4.99 Å². The molecule has 33 heavy (non-hydrogen) atoms. The number of carbonyl (C=O) groups excluding carboxylic acids is 1. The van der Waals surface area contributed by atoms with Crippen LogP contribution in [0.4, 0.5) is 4.79 Å². The number of hydrogen-bond acceptors (Lipinski definition) is 8. The normalized spacial score (nSPS) is 24.2. The second-order valence-electron chi connectivity index (χ2n) is 9.04. The molecule has 4 rings (SSSR count). The number of nitrogens with one attached hydrogen (secondary N) is 1. The van der Waals surface area contributed by atoms with E-state index in [1.807, 2.05) is 13.0 Å². The van der Waals surface area contributed by atoms with E-state index in [2.05, 4.69) is 10.3 Å². The summed E-state index contributed by atoms with van der Waals surface area (Å²) in [6.07, 6.45) is 2.67. The molecule has 1 N–H and O–H groups in total. The number of amides is 1. The van der Waals surface area contributed by atoms with Crippen LogP contribution in [-0.2, 0) is 25.0 Å².